The summed E-state index contributed by atoms with van der Waals surface area (Å²) in [4.78, 5) is 10.2. The van der Waals surface area contributed by atoms with E-state index in [2.05, 4.69) is 0 Å². The second-order valence-corrected chi connectivity index (χ2v) is 7.27. The van der Waals surface area contributed by atoms with Crippen molar-refractivity contribution in [2.75, 3.05) is 112 Å². The maximum absolute atomic E-state index is 10.2. The van der Waals surface area contributed by atoms with Gasteiger partial charge in [-0.05, 0) is 5.56 Å². The van der Waals surface area contributed by atoms with Crippen LogP contribution in [-0.4, -0.2) is 123 Å². The number of ether oxygens (including phenoxy) is 9. The number of carbonyl (C=O) groups is 1. The highest BCUT2D eigenvalue weighted by molar-refractivity contribution is 5.67. The average Bonchev–Trinajstić information content (AvgIpc) is 2.88. The summed E-state index contributed by atoms with van der Waals surface area (Å²) in [7, 11) is 0. The average molecular weight is 519 g/mol. The van der Waals surface area contributed by atoms with E-state index in [4.69, 9.17) is 47.7 Å². The lowest BCUT2D eigenvalue weighted by Gasteiger charge is -2.09. The Labute approximate surface area is 213 Å². The van der Waals surface area contributed by atoms with E-state index in [0.717, 1.165) is 5.56 Å². The van der Waals surface area contributed by atoms with Crippen LogP contribution in [-0.2, 0) is 54.0 Å². The van der Waals surface area contributed by atoms with E-state index >= 15 is 0 Å². The first-order valence-electron chi connectivity index (χ1n) is 12.2. The molecule has 0 aliphatic rings. The molecule has 0 heterocycles. The minimum Gasteiger partial charge on any atom is -0.480 e. The summed E-state index contributed by atoms with van der Waals surface area (Å²) in [5, 5.41) is 8.40. The molecule has 0 fully saturated rings. The Kier molecular flexibility index (Phi) is 23.7. The molecule has 0 saturated carbocycles. The van der Waals surface area contributed by atoms with Crippen molar-refractivity contribution in [1.29, 1.82) is 0 Å². The van der Waals surface area contributed by atoms with Crippen LogP contribution in [0.15, 0.2) is 30.3 Å². The van der Waals surface area contributed by atoms with Crippen molar-refractivity contribution in [3.63, 3.8) is 0 Å². The van der Waals surface area contributed by atoms with E-state index in [0.29, 0.717) is 106 Å². The molecule has 0 unspecified atom stereocenters. The molecule has 0 atom stereocenters. The van der Waals surface area contributed by atoms with Gasteiger partial charge >= 0.3 is 5.97 Å². The van der Waals surface area contributed by atoms with E-state index in [1.807, 2.05) is 30.3 Å². The molecule has 11 heteroatoms. The zero-order chi connectivity index (χ0) is 25.8. The first-order chi connectivity index (χ1) is 17.8. The van der Waals surface area contributed by atoms with Crippen molar-refractivity contribution in [3.05, 3.63) is 35.9 Å². The second-order valence-electron chi connectivity index (χ2n) is 7.27. The molecule has 0 spiro atoms. The van der Waals surface area contributed by atoms with Crippen molar-refractivity contribution < 1.29 is 52.5 Å². The lowest BCUT2D eigenvalue weighted by atomic mass is 10.2. The normalized spacial score (nSPS) is 11.2. The van der Waals surface area contributed by atoms with Crippen LogP contribution in [0.1, 0.15) is 5.56 Å². The summed E-state index contributed by atoms with van der Waals surface area (Å²) >= 11 is 0. The van der Waals surface area contributed by atoms with Gasteiger partial charge in [-0.2, -0.15) is 0 Å². The van der Waals surface area contributed by atoms with Crippen molar-refractivity contribution in [1.82, 2.24) is 0 Å². The van der Waals surface area contributed by atoms with Crippen molar-refractivity contribution in [2.24, 2.45) is 0 Å². The minimum absolute atomic E-state index is 0.247. The largest absolute Gasteiger partial charge is 0.480 e. The van der Waals surface area contributed by atoms with E-state index in [1.165, 1.54) is 0 Å². The monoisotopic (exact) mass is 518 g/mol. The topological polar surface area (TPSA) is 120 Å². The summed E-state index contributed by atoms with van der Waals surface area (Å²) in [5.74, 6) is -0.992. The van der Waals surface area contributed by atoms with Crippen molar-refractivity contribution >= 4 is 5.97 Å². The molecule has 0 amide bonds. The van der Waals surface area contributed by atoms with Crippen LogP contribution >= 0.6 is 0 Å². The highest BCUT2D eigenvalue weighted by Gasteiger charge is 1.97. The maximum atomic E-state index is 10.2. The van der Waals surface area contributed by atoms with Gasteiger partial charge in [0.2, 0.25) is 0 Å². The number of hydrogen-bond donors (Lipinski definition) is 1. The number of carboxylic acid groups (broad SMARTS) is 1. The van der Waals surface area contributed by atoms with E-state index in [1.54, 1.807) is 0 Å². The third-order valence-electron chi connectivity index (χ3n) is 4.31. The van der Waals surface area contributed by atoms with Gasteiger partial charge in [0.15, 0.2) is 0 Å². The predicted molar refractivity (Wildman–Crippen MR) is 130 cm³/mol. The molecular weight excluding hydrogens is 476 g/mol. The molecule has 0 saturated heterocycles. The van der Waals surface area contributed by atoms with Gasteiger partial charge < -0.3 is 47.7 Å². The first-order valence-corrected chi connectivity index (χ1v) is 12.2. The van der Waals surface area contributed by atoms with E-state index < -0.39 is 5.97 Å². The fourth-order valence-electron chi connectivity index (χ4n) is 2.58. The Morgan fingerprint density at radius 3 is 1.11 bits per heavy atom. The standard InChI is InChI=1S/C25H42O11/c26-25(27)23-36-21-19-34-17-15-32-13-11-30-9-7-28-6-8-29-10-12-31-14-16-33-18-20-35-22-24-4-2-1-3-5-24/h1-5H,6-23H2,(H,26,27). The van der Waals surface area contributed by atoms with Gasteiger partial charge in [0.05, 0.1) is 112 Å². The van der Waals surface area contributed by atoms with Gasteiger partial charge in [-0.15, -0.1) is 0 Å². The molecule has 0 aliphatic carbocycles. The van der Waals surface area contributed by atoms with Crippen molar-refractivity contribution in [3.8, 4) is 0 Å². The number of aliphatic carboxylic acids is 1. The molecule has 36 heavy (non-hydrogen) atoms. The van der Waals surface area contributed by atoms with Gasteiger partial charge in [-0.1, -0.05) is 30.3 Å². The van der Waals surface area contributed by atoms with Gasteiger partial charge in [0.1, 0.15) is 6.61 Å². The third kappa shape index (κ3) is 24.0. The summed E-state index contributed by atoms with van der Waals surface area (Å²) in [6.45, 7) is 7.84. The van der Waals surface area contributed by atoms with Gasteiger partial charge in [0.25, 0.3) is 0 Å². The Bertz CT molecular complexity index is 589. The minimum atomic E-state index is -0.992. The summed E-state index contributed by atoms with van der Waals surface area (Å²) in [6.07, 6.45) is 0. The molecule has 0 bridgehead atoms. The number of rotatable bonds is 28. The van der Waals surface area contributed by atoms with E-state index in [9.17, 15) is 4.79 Å². The summed E-state index contributed by atoms with van der Waals surface area (Å²) in [5.41, 5.74) is 1.15. The molecule has 0 aromatic heterocycles. The molecule has 11 nitrogen and oxygen atoms in total. The molecule has 0 aliphatic heterocycles. The molecule has 1 aromatic carbocycles. The zero-order valence-electron chi connectivity index (χ0n) is 21.1. The van der Waals surface area contributed by atoms with Crippen LogP contribution in [0.3, 0.4) is 0 Å². The maximum Gasteiger partial charge on any atom is 0.329 e. The van der Waals surface area contributed by atoms with E-state index in [-0.39, 0.29) is 13.2 Å². The molecule has 1 rings (SSSR count). The number of benzene rings is 1. The smallest absolute Gasteiger partial charge is 0.329 e. The predicted octanol–water partition coefficient (Wildman–Crippen LogP) is 1.42. The van der Waals surface area contributed by atoms with Gasteiger partial charge in [-0.3, -0.25) is 0 Å². The lowest BCUT2D eigenvalue weighted by Crippen LogP contribution is -2.15. The van der Waals surface area contributed by atoms with Crippen LogP contribution in [0.5, 0.6) is 0 Å². The fraction of sp³-hybridized carbons (Fsp3) is 0.720. The Hall–Kier alpha value is -1.67. The summed E-state index contributed by atoms with van der Waals surface area (Å²) < 4.78 is 48.2. The van der Waals surface area contributed by atoms with Crippen LogP contribution in [0.25, 0.3) is 0 Å². The quantitative estimate of drug-likeness (QED) is 0.162. The third-order valence-corrected chi connectivity index (χ3v) is 4.31. The Morgan fingerprint density at radius 2 is 0.778 bits per heavy atom. The first kappa shape index (κ1) is 32.4. The Balaban J connectivity index is 1.64. The van der Waals surface area contributed by atoms with Crippen molar-refractivity contribution in [2.45, 2.75) is 6.61 Å². The lowest BCUT2D eigenvalue weighted by molar-refractivity contribution is -0.142. The highest BCUT2D eigenvalue weighted by atomic mass is 16.6. The zero-order valence-corrected chi connectivity index (χ0v) is 21.1. The van der Waals surface area contributed by atoms with Crippen LogP contribution in [0.4, 0.5) is 0 Å². The fourth-order valence-corrected chi connectivity index (χ4v) is 2.58. The Morgan fingerprint density at radius 1 is 0.472 bits per heavy atom. The van der Waals surface area contributed by atoms with Crippen LogP contribution in [0.2, 0.25) is 0 Å². The second kappa shape index (κ2) is 26.4. The SMILES string of the molecule is O=C(O)COCCOCCOCCOCCOCCOCCOCCOCCOCc1ccccc1. The van der Waals surface area contributed by atoms with Gasteiger partial charge in [0, 0.05) is 0 Å². The molecule has 1 aromatic rings. The van der Waals surface area contributed by atoms with Crippen LogP contribution in [0, 0.1) is 0 Å². The molecule has 0 radical (unpaired) electrons. The number of carboxylic acids is 1. The number of hydrogen-bond acceptors (Lipinski definition) is 10. The molecule has 1 N–H and O–H groups in total. The molecular formula is C25H42O11. The van der Waals surface area contributed by atoms with Gasteiger partial charge in [-0.25, -0.2) is 4.79 Å². The summed E-state index contributed by atoms with van der Waals surface area (Å²) in [6, 6.07) is 10.0. The molecule has 208 valence electrons. The highest BCUT2D eigenvalue weighted by Crippen LogP contribution is 2.00. The van der Waals surface area contributed by atoms with Crippen LogP contribution < -0.4 is 0 Å².